The SMILES string of the molecule is CCC1OC(=O)[C@H](C)[C@@H](OC2CC(C)(OC)C(OC(C)=O)C(C)O2)[C@H](C)[C@@H](OC2OC(C)CC(N(C)C)C2C)[C@@](C)(OC)C[C@@H](C)C(=O)[C@H](C)[C@@H](O)[C@]1(C)O. The number of nitrogens with zero attached hydrogens (tertiary/aromatic N) is 1. The number of carbonyl (C=O) groups is 3. The molecule has 2 N–H and O–H groups in total. The number of ketones is 1. The van der Waals surface area contributed by atoms with Crippen LogP contribution in [0.3, 0.4) is 0 Å². The van der Waals surface area contributed by atoms with E-state index in [0.29, 0.717) is 0 Å². The molecule has 0 aromatic carbocycles. The van der Waals surface area contributed by atoms with Crippen molar-refractivity contribution in [2.45, 2.75) is 187 Å². The number of cyclic esters (lactones) is 1. The summed E-state index contributed by atoms with van der Waals surface area (Å²) in [5.41, 5.74) is -4.12. The topological polar surface area (TPSA) is 169 Å². The summed E-state index contributed by atoms with van der Waals surface area (Å²) in [4.78, 5) is 42.6. The monoisotopic (exact) mass is 788 g/mol. The first-order chi connectivity index (χ1) is 25.4. The van der Waals surface area contributed by atoms with Crippen LogP contribution in [0.2, 0.25) is 0 Å². The molecule has 0 bridgehead atoms. The number of Topliss-reactive ketones (excluding diaryl/α,β-unsaturated/α-hetero) is 1. The lowest BCUT2D eigenvalue weighted by atomic mass is 9.73. The highest BCUT2D eigenvalue weighted by Crippen LogP contribution is 2.42. The van der Waals surface area contributed by atoms with Crippen LogP contribution in [0.25, 0.3) is 0 Å². The van der Waals surface area contributed by atoms with Crippen molar-refractivity contribution in [1.82, 2.24) is 4.90 Å². The molecule has 0 aromatic heterocycles. The fourth-order valence-corrected chi connectivity index (χ4v) is 9.30. The summed E-state index contributed by atoms with van der Waals surface area (Å²) in [5, 5.41) is 23.2. The number of aliphatic hydroxyl groups excluding tert-OH is 1. The standard InChI is InChI=1S/C41H73NO13/c1-17-30-41(12,47)34(45)24(5)32(44)21(2)19-39(10,48-15)35(55-38-23(4)29(42(13)14)18-22(3)50-38)25(6)33(26(7)37(46)53-30)54-31-20-40(11,49-16)36(27(8)51-31)52-28(9)43/h21-27,29-31,33-36,38,45,47H,17-20H2,1-16H3/t21-,22?,23?,24+,25+,26-,27?,29?,30?,31?,33+,34-,35-,36?,38?,39+,40?,41-/m1/s1. The van der Waals surface area contributed by atoms with Gasteiger partial charge in [-0.15, -0.1) is 0 Å². The highest BCUT2D eigenvalue weighted by Gasteiger charge is 2.54. The van der Waals surface area contributed by atoms with Crippen LogP contribution in [0.1, 0.15) is 109 Å². The number of esters is 2. The molecule has 3 aliphatic rings. The van der Waals surface area contributed by atoms with E-state index < -0.39 is 102 Å². The summed E-state index contributed by atoms with van der Waals surface area (Å²) in [7, 11) is 7.16. The highest BCUT2D eigenvalue weighted by atomic mass is 16.7. The van der Waals surface area contributed by atoms with Crippen LogP contribution < -0.4 is 0 Å². The van der Waals surface area contributed by atoms with E-state index in [9.17, 15) is 24.6 Å². The van der Waals surface area contributed by atoms with Crippen LogP contribution in [0.5, 0.6) is 0 Å². The fourth-order valence-electron chi connectivity index (χ4n) is 9.30. The molecule has 320 valence electrons. The molecular formula is C41H73NO13. The molecule has 3 aliphatic heterocycles. The molecule has 3 fully saturated rings. The van der Waals surface area contributed by atoms with Gasteiger partial charge in [-0.25, -0.2) is 0 Å². The first-order valence-electron chi connectivity index (χ1n) is 20.1. The Labute approximate surface area is 329 Å². The Bertz CT molecular complexity index is 1300. The lowest BCUT2D eigenvalue weighted by molar-refractivity contribution is -0.315. The number of methoxy groups -OCH3 is 2. The average Bonchev–Trinajstić information content (AvgIpc) is 3.11. The molecule has 0 aliphatic carbocycles. The van der Waals surface area contributed by atoms with E-state index in [-0.39, 0.29) is 43.1 Å². The van der Waals surface area contributed by atoms with Gasteiger partial charge in [-0.1, -0.05) is 34.6 Å². The number of rotatable bonds is 9. The minimum Gasteiger partial charge on any atom is -0.459 e. The smallest absolute Gasteiger partial charge is 0.311 e. The second kappa shape index (κ2) is 18.9. The lowest BCUT2D eigenvalue weighted by Gasteiger charge is -2.50. The summed E-state index contributed by atoms with van der Waals surface area (Å²) in [6.07, 6.45) is -6.28. The maximum absolute atomic E-state index is 14.3. The maximum atomic E-state index is 14.3. The molecule has 55 heavy (non-hydrogen) atoms. The molecule has 3 rings (SSSR count). The van der Waals surface area contributed by atoms with Crippen molar-refractivity contribution in [1.29, 1.82) is 0 Å². The molecule has 3 saturated heterocycles. The van der Waals surface area contributed by atoms with Gasteiger partial charge < -0.3 is 53.0 Å². The Kier molecular flexibility index (Phi) is 16.4. The third-order valence-corrected chi connectivity index (χ3v) is 12.9. The zero-order chi connectivity index (χ0) is 42.0. The van der Waals surface area contributed by atoms with E-state index >= 15 is 0 Å². The van der Waals surface area contributed by atoms with E-state index in [1.54, 1.807) is 41.7 Å². The molecule has 14 heteroatoms. The normalized spacial score (nSPS) is 46.9. The molecule has 0 radical (unpaired) electrons. The van der Waals surface area contributed by atoms with Gasteiger partial charge in [-0.3, -0.25) is 14.4 Å². The molecule has 3 heterocycles. The number of ether oxygens (including phenoxy) is 8. The highest BCUT2D eigenvalue weighted by molar-refractivity contribution is 5.83. The Morgan fingerprint density at radius 2 is 1.45 bits per heavy atom. The van der Waals surface area contributed by atoms with Crippen LogP contribution in [0.15, 0.2) is 0 Å². The molecule has 0 aromatic rings. The predicted octanol–water partition coefficient (Wildman–Crippen LogP) is 4.29. The van der Waals surface area contributed by atoms with Gasteiger partial charge in [-0.05, 0) is 74.9 Å². The Morgan fingerprint density at radius 1 is 0.873 bits per heavy atom. The van der Waals surface area contributed by atoms with Crippen LogP contribution >= 0.6 is 0 Å². The van der Waals surface area contributed by atoms with Crippen molar-refractivity contribution in [3.63, 3.8) is 0 Å². The van der Waals surface area contributed by atoms with Crippen molar-refractivity contribution in [3.05, 3.63) is 0 Å². The summed E-state index contributed by atoms with van der Waals surface area (Å²) in [5.74, 6) is -4.75. The zero-order valence-electron chi connectivity index (χ0n) is 36.3. The summed E-state index contributed by atoms with van der Waals surface area (Å²) >= 11 is 0. The minimum absolute atomic E-state index is 0.0701. The zero-order valence-corrected chi connectivity index (χ0v) is 36.3. The van der Waals surface area contributed by atoms with Gasteiger partial charge in [0, 0.05) is 57.3 Å². The van der Waals surface area contributed by atoms with E-state index in [2.05, 4.69) is 11.8 Å². The molecule has 0 saturated carbocycles. The van der Waals surface area contributed by atoms with Gasteiger partial charge in [0.1, 0.15) is 23.1 Å². The second-order valence-corrected chi connectivity index (χ2v) is 17.6. The van der Waals surface area contributed by atoms with Gasteiger partial charge in [-0.2, -0.15) is 0 Å². The van der Waals surface area contributed by atoms with Gasteiger partial charge in [0.15, 0.2) is 18.7 Å². The molecule has 14 nitrogen and oxygen atoms in total. The van der Waals surface area contributed by atoms with Crippen molar-refractivity contribution in [3.8, 4) is 0 Å². The largest absolute Gasteiger partial charge is 0.459 e. The fraction of sp³-hybridized carbons (Fsp3) is 0.927. The summed E-state index contributed by atoms with van der Waals surface area (Å²) < 4.78 is 50.8. The first kappa shape index (κ1) is 47.6. The van der Waals surface area contributed by atoms with E-state index in [4.69, 9.17) is 37.9 Å². The predicted molar refractivity (Wildman–Crippen MR) is 204 cm³/mol. The van der Waals surface area contributed by atoms with Crippen LogP contribution in [0, 0.1) is 29.6 Å². The van der Waals surface area contributed by atoms with Crippen molar-refractivity contribution in [2.75, 3.05) is 28.3 Å². The van der Waals surface area contributed by atoms with E-state index in [1.165, 1.54) is 21.0 Å². The molecular weight excluding hydrogens is 714 g/mol. The van der Waals surface area contributed by atoms with Gasteiger partial charge in [0.05, 0.1) is 42.0 Å². The number of hydrogen-bond donors (Lipinski definition) is 2. The van der Waals surface area contributed by atoms with Gasteiger partial charge in [0.25, 0.3) is 0 Å². The Hall–Kier alpha value is -1.75. The molecule has 0 amide bonds. The third kappa shape index (κ3) is 10.5. The summed E-state index contributed by atoms with van der Waals surface area (Å²) in [6, 6.07) is 0.146. The third-order valence-electron chi connectivity index (χ3n) is 12.9. The van der Waals surface area contributed by atoms with E-state index in [1.807, 2.05) is 41.8 Å². The van der Waals surface area contributed by atoms with Gasteiger partial charge >= 0.3 is 11.9 Å². The lowest BCUT2D eigenvalue weighted by Crippen LogP contribution is -2.61. The van der Waals surface area contributed by atoms with Crippen LogP contribution in [0.4, 0.5) is 0 Å². The van der Waals surface area contributed by atoms with E-state index in [0.717, 1.165) is 6.42 Å². The number of hydrogen-bond acceptors (Lipinski definition) is 14. The van der Waals surface area contributed by atoms with Crippen molar-refractivity contribution < 1.29 is 62.5 Å². The Morgan fingerprint density at radius 3 is 1.98 bits per heavy atom. The number of carbonyl (C=O) groups excluding carboxylic acids is 3. The van der Waals surface area contributed by atoms with Crippen molar-refractivity contribution in [2.24, 2.45) is 29.6 Å². The second-order valence-electron chi connectivity index (χ2n) is 17.6. The van der Waals surface area contributed by atoms with Gasteiger partial charge in [0.2, 0.25) is 0 Å². The molecule has 18 atom stereocenters. The van der Waals surface area contributed by atoms with Crippen molar-refractivity contribution >= 4 is 17.7 Å². The Balaban J connectivity index is 2.23. The maximum Gasteiger partial charge on any atom is 0.311 e. The first-order valence-corrected chi connectivity index (χ1v) is 20.1. The molecule has 0 spiro atoms. The minimum atomic E-state index is -1.96. The molecule has 9 unspecified atom stereocenters. The quantitative estimate of drug-likeness (QED) is 0.318. The van der Waals surface area contributed by atoms with Crippen LogP contribution in [-0.2, 0) is 52.3 Å². The number of aliphatic hydroxyl groups is 2. The van der Waals surface area contributed by atoms with Crippen LogP contribution in [-0.4, -0.2) is 139 Å². The summed E-state index contributed by atoms with van der Waals surface area (Å²) in [6.45, 7) is 21.0. The average molecular weight is 788 g/mol.